The number of hydrogen-bond donors (Lipinski definition) is 0. The van der Waals surface area contributed by atoms with Gasteiger partial charge in [-0.1, -0.05) is 122 Å². The van der Waals surface area contributed by atoms with E-state index in [0.29, 0.717) is 10.8 Å². The first-order valence-electron chi connectivity index (χ1n) is 15.7. The summed E-state index contributed by atoms with van der Waals surface area (Å²) < 4.78 is 0. The highest BCUT2D eigenvalue weighted by Crippen LogP contribution is 2.41. The van der Waals surface area contributed by atoms with Crippen LogP contribution in [0, 0.1) is 28.6 Å². The molecule has 0 saturated heterocycles. The molecule has 0 heterocycles. The minimum absolute atomic E-state index is 0.278. The molecule has 0 saturated carbocycles. The Morgan fingerprint density at radius 3 is 1.95 bits per heavy atom. The molecule has 0 heteroatoms. The Morgan fingerprint density at radius 1 is 0.825 bits per heavy atom. The van der Waals surface area contributed by atoms with Crippen LogP contribution in [-0.2, 0) is 0 Å². The zero-order valence-corrected chi connectivity index (χ0v) is 27.6. The molecular weight excluding hydrogens is 480 g/mol. The van der Waals surface area contributed by atoms with E-state index in [9.17, 15) is 0 Å². The van der Waals surface area contributed by atoms with E-state index in [1.54, 1.807) is 16.7 Å². The van der Waals surface area contributed by atoms with E-state index in [4.69, 9.17) is 0 Å². The molecule has 0 bridgehead atoms. The molecule has 0 aromatic carbocycles. The van der Waals surface area contributed by atoms with E-state index in [0.717, 1.165) is 19.3 Å². The second-order valence-corrected chi connectivity index (χ2v) is 13.7. The maximum absolute atomic E-state index is 3.42. The minimum atomic E-state index is 0.278. The summed E-state index contributed by atoms with van der Waals surface area (Å²) in [5, 5.41) is 0. The van der Waals surface area contributed by atoms with Crippen LogP contribution in [0.25, 0.3) is 0 Å². The van der Waals surface area contributed by atoms with E-state index >= 15 is 0 Å². The van der Waals surface area contributed by atoms with Crippen LogP contribution >= 0.6 is 0 Å². The molecule has 40 heavy (non-hydrogen) atoms. The van der Waals surface area contributed by atoms with Gasteiger partial charge in [-0.25, -0.2) is 0 Å². The summed E-state index contributed by atoms with van der Waals surface area (Å²) in [7, 11) is 0. The summed E-state index contributed by atoms with van der Waals surface area (Å²) in [6.07, 6.45) is 31.1. The molecule has 0 nitrogen and oxygen atoms in total. The van der Waals surface area contributed by atoms with Crippen LogP contribution in [0.15, 0.2) is 93.7 Å². The van der Waals surface area contributed by atoms with Crippen LogP contribution in [0.5, 0.6) is 0 Å². The molecular formula is C40H58. The molecule has 2 aliphatic carbocycles. The predicted molar refractivity (Wildman–Crippen MR) is 180 cm³/mol. The van der Waals surface area contributed by atoms with E-state index in [-0.39, 0.29) is 5.92 Å². The van der Waals surface area contributed by atoms with E-state index in [1.807, 2.05) is 0 Å². The topological polar surface area (TPSA) is 0 Å². The van der Waals surface area contributed by atoms with Gasteiger partial charge >= 0.3 is 0 Å². The van der Waals surface area contributed by atoms with Gasteiger partial charge in [0.05, 0.1) is 0 Å². The molecule has 0 spiro atoms. The SMILES string of the molecule is CC1=C(/C=C/C(C)=C/CC/C(C)=C/C=C/C=C(\C)CC#CC(C)/C=C/C2=C(C)CCCC2(C)C)C(C)(C)CCC1. The highest BCUT2D eigenvalue weighted by atomic mass is 14.3. The lowest BCUT2D eigenvalue weighted by molar-refractivity contribution is 0.376. The normalized spacial score (nSPS) is 21.5. The maximum atomic E-state index is 3.42. The number of allylic oxidation sites excluding steroid dienone is 16. The van der Waals surface area contributed by atoms with Gasteiger partial charge in [-0.05, 0) is 115 Å². The van der Waals surface area contributed by atoms with Gasteiger partial charge in [0, 0.05) is 12.3 Å². The minimum Gasteiger partial charge on any atom is -0.0983 e. The van der Waals surface area contributed by atoms with Crippen LogP contribution in [0.4, 0.5) is 0 Å². The lowest BCUT2D eigenvalue weighted by atomic mass is 9.72. The van der Waals surface area contributed by atoms with Crippen molar-refractivity contribution in [3.63, 3.8) is 0 Å². The quantitative estimate of drug-likeness (QED) is 0.192. The van der Waals surface area contributed by atoms with Crippen LogP contribution in [0.3, 0.4) is 0 Å². The number of hydrogen-bond acceptors (Lipinski definition) is 0. The highest BCUT2D eigenvalue weighted by molar-refractivity contribution is 5.36. The first-order valence-corrected chi connectivity index (χ1v) is 15.7. The molecule has 2 rings (SSSR count). The van der Waals surface area contributed by atoms with Gasteiger partial charge in [0.2, 0.25) is 0 Å². The fourth-order valence-electron chi connectivity index (χ4n) is 6.05. The van der Waals surface area contributed by atoms with Crippen molar-refractivity contribution in [3.05, 3.63) is 93.7 Å². The molecule has 0 N–H and O–H groups in total. The van der Waals surface area contributed by atoms with Crippen molar-refractivity contribution in [2.75, 3.05) is 0 Å². The van der Waals surface area contributed by atoms with Crippen LogP contribution in [-0.4, -0.2) is 0 Å². The van der Waals surface area contributed by atoms with Crippen molar-refractivity contribution in [2.45, 2.75) is 127 Å². The third kappa shape index (κ3) is 11.5. The zero-order valence-electron chi connectivity index (χ0n) is 27.6. The fourth-order valence-corrected chi connectivity index (χ4v) is 6.05. The summed E-state index contributed by atoms with van der Waals surface area (Å²) in [4.78, 5) is 0. The molecule has 2 aliphatic rings. The van der Waals surface area contributed by atoms with Gasteiger partial charge in [0.15, 0.2) is 0 Å². The van der Waals surface area contributed by atoms with Crippen molar-refractivity contribution in [1.82, 2.24) is 0 Å². The predicted octanol–water partition coefficient (Wildman–Crippen LogP) is 12.4. The molecule has 0 radical (unpaired) electrons. The Morgan fingerprint density at radius 2 is 1.38 bits per heavy atom. The standard InChI is InChI=1S/C40H58/c1-31(19-13-21-33(3)25-27-37-35(5)23-15-29-39(37,7)8)17-11-12-18-32(2)20-14-22-34(4)26-28-38-36(6)24-16-30-40(38,9)10/h11-12,17-18,21,25-28,34H,13,15-16,19-20,23-24,29-30H2,1-10H3/b12-11+,27-25+,28-26+,31-17+,32-18+,33-21+. The molecule has 0 aliphatic heterocycles. The van der Waals surface area contributed by atoms with Gasteiger partial charge in [0.1, 0.15) is 0 Å². The Hall–Kier alpha value is -2.52. The smallest absolute Gasteiger partial charge is 0.0357 e. The Kier molecular flexibility index (Phi) is 13.5. The van der Waals surface area contributed by atoms with Crippen LogP contribution in [0.1, 0.15) is 127 Å². The van der Waals surface area contributed by atoms with Crippen LogP contribution < -0.4 is 0 Å². The van der Waals surface area contributed by atoms with Crippen molar-refractivity contribution in [2.24, 2.45) is 16.7 Å². The molecule has 218 valence electrons. The van der Waals surface area contributed by atoms with Crippen molar-refractivity contribution in [3.8, 4) is 11.8 Å². The summed E-state index contributed by atoms with van der Waals surface area (Å²) >= 11 is 0. The fraction of sp³-hybridized carbons (Fsp3) is 0.550. The summed E-state index contributed by atoms with van der Waals surface area (Å²) in [6.45, 7) is 22.9. The molecule has 0 amide bonds. The zero-order chi connectivity index (χ0) is 29.8. The first kappa shape index (κ1) is 33.7. The largest absolute Gasteiger partial charge is 0.0983 e. The highest BCUT2D eigenvalue weighted by Gasteiger charge is 2.27. The van der Waals surface area contributed by atoms with E-state index in [1.165, 1.54) is 60.8 Å². The van der Waals surface area contributed by atoms with Gasteiger partial charge in [0.25, 0.3) is 0 Å². The first-order chi connectivity index (χ1) is 18.8. The van der Waals surface area contributed by atoms with Gasteiger partial charge in [-0.15, -0.1) is 0 Å². The Balaban J connectivity index is 1.79. The Labute approximate surface area is 248 Å². The average Bonchev–Trinajstić information content (AvgIpc) is 2.85. The van der Waals surface area contributed by atoms with E-state index < -0.39 is 0 Å². The van der Waals surface area contributed by atoms with Crippen molar-refractivity contribution < 1.29 is 0 Å². The summed E-state index contributed by atoms with van der Waals surface area (Å²) in [5.41, 5.74) is 10.9. The van der Waals surface area contributed by atoms with Gasteiger partial charge < -0.3 is 0 Å². The molecule has 0 aromatic heterocycles. The monoisotopic (exact) mass is 538 g/mol. The van der Waals surface area contributed by atoms with E-state index in [2.05, 4.69) is 136 Å². The lowest BCUT2D eigenvalue weighted by Crippen LogP contribution is -2.19. The third-order valence-electron chi connectivity index (χ3n) is 8.72. The summed E-state index contributed by atoms with van der Waals surface area (Å²) in [6, 6.07) is 0. The molecule has 0 fully saturated rings. The Bertz CT molecular complexity index is 1160. The maximum Gasteiger partial charge on any atom is 0.0357 e. The van der Waals surface area contributed by atoms with Gasteiger partial charge in [-0.2, -0.15) is 0 Å². The second kappa shape index (κ2) is 16.1. The van der Waals surface area contributed by atoms with Crippen LogP contribution in [0.2, 0.25) is 0 Å². The average molecular weight is 539 g/mol. The van der Waals surface area contributed by atoms with Crippen molar-refractivity contribution in [1.29, 1.82) is 0 Å². The number of rotatable bonds is 10. The molecule has 1 unspecified atom stereocenters. The van der Waals surface area contributed by atoms with Gasteiger partial charge in [-0.3, -0.25) is 0 Å². The molecule has 0 aromatic rings. The summed E-state index contributed by atoms with van der Waals surface area (Å²) in [5.74, 6) is 7.08. The third-order valence-corrected chi connectivity index (χ3v) is 8.72. The molecule has 1 atom stereocenters. The lowest BCUT2D eigenvalue weighted by Gasteiger charge is -2.33. The van der Waals surface area contributed by atoms with Crippen molar-refractivity contribution >= 4 is 0 Å². The second-order valence-electron chi connectivity index (χ2n) is 13.7.